The number of nitrogens with two attached hydrogens (primary N) is 1. The van der Waals surface area contributed by atoms with Gasteiger partial charge in [0.15, 0.2) is 0 Å². The third-order valence-corrected chi connectivity index (χ3v) is 2.86. The number of carbonyl (C=O) groups is 4. The fraction of sp³-hybridized carbons (Fsp3) is 0.667. The van der Waals surface area contributed by atoms with Gasteiger partial charge in [-0.05, 0) is 13.3 Å². The van der Waals surface area contributed by atoms with E-state index in [4.69, 9.17) is 21.1 Å². The van der Waals surface area contributed by atoms with Crippen LogP contribution in [0.3, 0.4) is 0 Å². The minimum Gasteiger partial charge on any atom is -0.481 e. The van der Waals surface area contributed by atoms with Crippen molar-refractivity contribution in [2.75, 3.05) is 6.61 Å². The summed E-state index contributed by atoms with van der Waals surface area (Å²) in [5, 5.41) is 39.9. The summed E-state index contributed by atoms with van der Waals surface area (Å²) in [5.74, 6) is -4.62. The molecule has 2 amide bonds. The highest BCUT2D eigenvalue weighted by Gasteiger charge is 2.30. The SMILES string of the molecule is CC(O)C(NC(=O)C(N)CO)C(=O)NC(CCC(=O)O)C(=O)O. The van der Waals surface area contributed by atoms with E-state index in [-0.39, 0.29) is 6.42 Å². The quantitative estimate of drug-likeness (QED) is 0.212. The molecule has 23 heavy (non-hydrogen) atoms. The molecule has 0 aliphatic carbocycles. The lowest BCUT2D eigenvalue weighted by molar-refractivity contribution is -0.144. The van der Waals surface area contributed by atoms with Crippen LogP contribution in [0.25, 0.3) is 0 Å². The number of carboxylic acids is 2. The van der Waals surface area contributed by atoms with Gasteiger partial charge in [-0.1, -0.05) is 0 Å². The summed E-state index contributed by atoms with van der Waals surface area (Å²) in [7, 11) is 0. The van der Waals surface area contributed by atoms with Crippen molar-refractivity contribution in [2.45, 2.75) is 44.0 Å². The number of hydrogen-bond donors (Lipinski definition) is 7. The molecule has 0 fully saturated rings. The Bertz CT molecular complexity index is 454. The zero-order valence-electron chi connectivity index (χ0n) is 12.4. The first-order valence-corrected chi connectivity index (χ1v) is 6.70. The lowest BCUT2D eigenvalue weighted by atomic mass is 10.1. The van der Waals surface area contributed by atoms with Crippen LogP contribution in [0.2, 0.25) is 0 Å². The van der Waals surface area contributed by atoms with Crippen LogP contribution in [-0.4, -0.2) is 75.0 Å². The lowest BCUT2D eigenvalue weighted by Crippen LogP contribution is -2.58. The first kappa shape index (κ1) is 20.8. The van der Waals surface area contributed by atoms with Gasteiger partial charge in [0.25, 0.3) is 0 Å². The van der Waals surface area contributed by atoms with Gasteiger partial charge in [-0.2, -0.15) is 0 Å². The average molecular weight is 335 g/mol. The van der Waals surface area contributed by atoms with E-state index in [1.807, 2.05) is 5.32 Å². The molecule has 11 heteroatoms. The van der Waals surface area contributed by atoms with Crippen molar-refractivity contribution in [3.63, 3.8) is 0 Å². The molecule has 0 bridgehead atoms. The van der Waals surface area contributed by atoms with Crippen LogP contribution in [0, 0.1) is 0 Å². The van der Waals surface area contributed by atoms with Crippen molar-refractivity contribution < 1.29 is 39.6 Å². The maximum absolute atomic E-state index is 12.0. The molecular formula is C12H21N3O8. The summed E-state index contributed by atoms with van der Waals surface area (Å²) in [6.07, 6.45) is -2.23. The Balaban J connectivity index is 4.91. The molecule has 0 radical (unpaired) electrons. The normalized spacial score (nSPS) is 15.8. The number of rotatable bonds is 10. The van der Waals surface area contributed by atoms with Crippen LogP contribution < -0.4 is 16.4 Å². The van der Waals surface area contributed by atoms with Crippen molar-refractivity contribution in [1.29, 1.82) is 0 Å². The summed E-state index contributed by atoms with van der Waals surface area (Å²) in [6, 6.07) is -4.32. The van der Waals surface area contributed by atoms with Gasteiger partial charge in [0.2, 0.25) is 11.8 Å². The molecule has 0 spiro atoms. The summed E-state index contributed by atoms with van der Waals surface area (Å²) in [5.41, 5.74) is 5.26. The van der Waals surface area contributed by atoms with E-state index in [2.05, 4.69) is 5.32 Å². The molecule has 0 aliphatic heterocycles. The van der Waals surface area contributed by atoms with Crippen molar-refractivity contribution in [1.82, 2.24) is 10.6 Å². The summed E-state index contributed by atoms with van der Waals surface area (Å²) >= 11 is 0. The molecular weight excluding hydrogens is 314 g/mol. The van der Waals surface area contributed by atoms with Crippen molar-refractivity contribution >= 4 is 23.8 Å². The highest BCUT2D eigenvalue weighted by atomic mass is 16.4. The summed E-state index contributed by atoms with van der Waals surface area (Å²) in [4.78, 5) is 45.0. The van der Waals surface area contributed by atoms with Gasteiger partial charge in [0.05, 0.1) is 12.7 Å². The predicted octanol–water partition coefficient (Wildman–Crippen LogP) is -3.39. The Morgan fingerprint density at radius 1 is 1.09 bits per heavy atom. The Hall–Kier alpha value is -2.24. The molecule has 0 aromatic rings. The summed E-state index contributed by atoms with van der Waals surface area (Å²) in [6.45, 7) is 0.498. The highest BCUT2D eigenvalue weighted by Crippen LogP contribution is 2.01. The smallest absolute Gasteiger partial charge is 0.326 e. The van der Waals surface area contributed by atoms with Gasteiger partial charge >= 0.3 is 11.9 Å². The highest BCUT2D eigenvalue weighted by molar-refractivity contribution is 5.92. The van der Waals surface area contributed by atoms with E-state index in [9.17, 15) is 24.3 Å². The molecule has 0 aliphatic rings. The van der Waals surface area contributed by atoms with Crippen LogP contribution in [0.15, 0.2) is 0 Å². The second-order valence-electron chi connectivity index (χ2n) is 4.85. The Morgan fingerprint density at radius 2 is 1.65 bits per heavy atom. The Labute approximate surface area is 131 Å². The number of amides is 2. The molecule has 11 nitrogen and oxygen atoms in total. The van der Waals surface area contributed by atoms with E-state index in [1.54, 1.807) is 0 Å². The zero-order valence-corrected chi connectivity index (χ0v) is 12.4. The minimum absolute atomic E-state index is 0.368. The molecule has 4 unspecified atom stereocenters. The second kappa shape index (κ2) is 9.71. The van der Waals surface area contributed by atoms with Crippen LogP contribution in [0.4, 0.5) is 0 Å². The van der Waals surface area contributed by atoms with E-state index in [1.165, 1.54) is 6.92 Å². The van der Waals surface area contributed by atoms with Crippen molar-refractivity contribution in [2.24, 2.45) is 5.73 Å². The van der Waals surface area contributed by atoms with Gasteiger partial charge in [0.1, 0.15) is 18.1 Å². The van der Waals surface area contributed by atoms with Gasteiger partial charge < -0.3 is 36.8 Å². The fourth-order valence-corrected chi connectivity index (χ4v) is 1.54. The number of aliphatic hydroxyl groups excluding tert-OH is 2. The molecule has 0 heterocycles. The first-order valence-electron chi connectivity index (χ1n) is 6.70. The number of carboxylic acid groups (broad SMARTS) is 2. The van der Waals surface area contributed by atoms with Crippen LogP contribution >= 0.6 is 0 Å². The molecule has 0 saturated carbocycles. The van der Waals surface area contributed by atoms with Crippen LogP contribution in [-0.2, 0) is 19.2 Å². The first-order chi connectivity index (χ1) is 10.6. The van der Waals surface area contributed by atoms with Crippen LogP contribution in [0.1, 0.15) is 19.8 Å². The molecule has 0 saturated heterocycles. The number of aliphatic carboxylic acids is 2. The maximum Gasteiger partial charge on any atom is 0.326 e. The standard InChI is InChI=1S/C12H21N3O8/c1-5(17)9(15-10(20)6(13)4-16)11(21)14-7(12(22)23)2-3-8(18)19/h5-7,9,16-17H,2-4,13H2,1H3,(H,14,21)(H,15,20)(H,18,19)(H,22,23). The lowest BCUT2D eigenvalue weighted by Gasteiger charge is -2.24. The van der Waals surface area contributed by atoms with Gasteiger partial charge in [-0.25, -0.2) is 4.79 Å². The van der Waals surface area contributed by atoms with E-state index in [0.717, 1.165) is 0 Å². The van der Waals surface area contributed by atoms with Crippen LogP contribution in [0.5, 0.6) is 0 Å². The van der Waals surface area contributed by atoms with E-state index in [0.29, 0.717) is 0 Å². The molecule has 4 atom stereocenters. The average Bonchev–Trinajstić information content (AvgIpc) is 2.46. The van der Waals surface area contributed by atoms with Gasteiger partial charge in [-0.15, -0.1) is 0 Å². The molecule has 8 N–H and O–H groups in total. The second-order valence-corrected chi connectivity index (χ2v) is 4.85. The largest absolute Gasteiger partial charge is 0.481 e. The van der Waals surface area contributed by atoms with Gasteiger partial charge in [0, 0.05) is 6.42 Å². The maximum atomic E-state index is 12.0. The van der Waals surface area contributed by atoms with Crippen molar-refractivity contribution in [3.05, 3.63) is 0 Å². The Kier molecular flexibility index (Phi) is 8.77. The summed E-state index contributed by atoms with van der Waals surface area (Å²) < 4.78 is 0. The fourth-order valence-electron chi connectivity index (χ4n) is 1.54. The van der Waals surface area contributed by atoms with Gasteiger partial charge in [-0.3, -0.25) is 14.4 Å². The van der Waals surface area contributed by atoms with E-state index < -0.39 is 61.0 Å². The Morgan fingerprint density at radius 3 is 2.04 bits per heavy atom. The zero-order chi connectivity index (χ0) is 18.2. The third kappa shape index (κ3) is 7.54. The number of hydrogen-bond acceptors (Lipinski definition) is 7. The number of carbonyl (C=O) groups excluding carboxylic acids is 2. The van der Waals surface area contributed by atoms with Crippen molar-refractivity contribution in [3.8, 4) is 0 Å². The number of nitrogens with one attached hydrogen (secondary N) is 2. The third-order valence-electron chi connectivity index (χ3n) is 2.86. The molecule has 0 rings (SSSR count). The predicted molar refractivity (Wildman–Crippen MR) is 75.1 cm³/mol. The number of aliphatic hydroxyl groups is 2. The monoisotopic (exact) mass is 335 g/mol. The molecule has 0 aromatic heterocycles. The topological polar surface area (TPSA) is 199 Å². The molecule has 132 valence electrons. The molecule has 0 aromatic carbocycles. The minimum atomic E-state index is -1.51. The van der Waals surface area contributed by atoms with E-state index >= 15 is 0 Å².